The Balaban J connectivity index is 0.00000312. The van der Waals surface area contributed by atoms with Crippen LogP contribution in [0.5, 0.6) is 0 Å². The minimum absolute atomic E-state index is 0. The predicted molar refractivity (Wildman–Crippen MR) is 184 cm³/mol. The molecule has 7 aromatic rings. The molecular formula is C43H28N2Pt. The number of rotatable bonds is 4. The fourth-order valence-corrected chi connectivity index (χ4v) is 7.41. The molecule has 0 unspecified atom stereocenters. The molecule has 0 bridgehead atoms. The first-order valence-corrected chi connectivity index (χ1v) is 15.6. The van der Waals surface area contributed by atoms with E-state index in [4.69, 9.17) is 9.97 Å². The molecule has 0 saturated carbocycles. The molecule has 0 aliphatic heterocycles. The Morgan fingerprint density at radius 1 is 0.587 bits per heavy atom. The van der Waals surface area contributed by atoms with Crippen LogP contribution in [0.1, 0.15) is 41.1 Å². The molecule has 0 atom stereocenters. The van der Waals surface area contributed by atoms with Crippen molar-refractivity contribution >= 4 is 27.1 Å². The van der Waals surface area contributed by atoms with E-state index in [-0.39, 0.29) is 21.1 Å². The van der Waals surface area contributed by atoms with Crippen LogP contribution >= 0.6 is 0 Å². The number of benzene rings is 5. The molecule has 9 rings (SSSR count). The molecule has 0 spiro atoms. The number of fused-ring (bicyclic) bond motifs is 5. The van der Waals surface area contributed by atoms with Gasteiger partial charge in [0.2, 0.25) is 0 Å². The van der Waals surface area contributed by atoms with Crippen LogP contribution in [-0.2, 0) is 26.5 Å². The van der Waals surface area contributed by atoms with Gasteiger partial charge in [-0.15, -0.1) is 41.5 Å². The number of hydrogen-bond acceptors (Lipinski definition) is 2. The summed E-state index contributed by atoms with van der Waals surface area (Å²) in [6.45, 7) is 0. The van der Waals surface area contributed by atoms with Crippen LogP contribution in [0, 0.1) is 12.1 Å². The monoisotopic (exact) mass is 767 g/mol. The van der Waals surface area contributed by atoms with Crippen LogP contribution in [0.15, 0.2) is 146 Å². The average molecular weight is 768 g/mol. The van der Waals surface area contributed by atoms with E-state index in [1.165, 1.54) is 27.6 Å². The SMILES string of the molecule is [C-]1=C(c2nc(C3(c4cc5ccccc5c(-c5[c-]cccc5)n4)c4ccccc4-c4ccccc43)cc3ccccc23)CCC=C1.[Pt+2]. The van der Waals surface area contributed by atoms with Gasteiger partial charge in [0, 0.05) is 5.69 Å². The average Bonchev–Trinajstić information content (AvgIpc) is 3.42. The maximum absolute atomic E-state index is 5.65. The Labute approximate surface area is 283 Å². The summed E-state index contributed by atoms with van der Waals surface area (Å²) in [6, 6.07) is 51.0. The molecule has 46 heavy (non-hydrogen) atoms. The summed E-state index contributed by atoms with van der Waals surface area (Å²) in [5.74, 6) is 0. The second kappa shape index (κ2) is 11.5. The first-order chi connectivity index (χ1) is 22.3. The summed E-state index contributed by atoms with van der Waals surface area (Å²) >= 11 is 0. The van der Waals surface area contributed by atoms with Gasteiger partial charge in [0.1, 0.15) is 5.41 Å². The zero-order valence-electron chi connectivity index (χ0n) is 25.0. The largest absolute Gasteiger partial charge is 2.00 e. The zero-order valence-corrected chi connectivity index (χ0v) is 27.3. The van der Waals surface area contributed by atoms with Crippen molar-refractivity contribution in [3.63, 3.8) is 0 Å². The van der Waals surface area contributed by atoms with Crippen molar-refractivity contribution in [3.8, 4) is 22.4 Å². The number of hydrogen-bond donors (Lipinski definition) is 0. The van der Waals surface area contributed by atoms with Crippen LogP contribution in [0.4, 0.5) is 0 Å². The van der Waals surface area contributed by atoms with E-state index in [2.05, 4.69) is 140 Å². The molecule has 220 valence electrons. The van der Waals surface area contributed by atoms with Gasteiger partial charge >= 0.3 is 21.1 Å². The van der Waals surface area contributed by atoms with Gasteiger partial charge in [-0.1, -0.05) is 110 Å². The van der Waals surface area contributed by atoms with Crippen LogP contribution in [0.3, 0.4) is 0 Å². The third-order valence-corrected chi connectivity index (χ3v) is 9.39. The second-order valence-corrected chi connectivity index (χ2v) is 11.8. The van der Waals surface area contributed by atoms with Crippen LogP contribution < -0.4 is 0 Å². The fourth-order valence-electron chi connectivity index (χ4n) is 7.41. The summed E-state index contributed by atoms with van der Waals surface area (Å²) in [5.41, 5.74) is 10.1. The molecule has 0 radical (unpaired) electrons. The van der Waals surface area contributed by atoms with Gasteiger partial charge in [0.15, 0.2) is 0 Å². The Morgan fingerprint density at radius 3 is 1.76 bits per heavy atom. The third kappa shape index (κ3) is 4.28. The quantitative estimate of drug-likeness (QED) is 0.167. The maximum atomic E-state index is 5.65. The Bertz CT molecular complexity index is 2290. The number of aromatic nitrogens is 2. The Hall–Kier alpha value is -4.91. The molecule has 5 aromatic carbocycles. The molecule has 2 aliphatic rings. The van der Waals surface area contributed by atoms with Crippen molar-refractivity contribution in [2.24, 2.45) is 0 Å². The van der Waals surface area contributed by atoms with Crippen molar-refractivity contribution in [2.45, 2.75) is 18.3 Å². The van der Waals surface area contributed by atoms with E-state index in [1.54, 1.807) is 0 Å². The second-order valence-electron chi connectivity index (χ2n) is 11.8. The molecule has 0 saturated heterocycles. The normalized spacial score (nSPS) is 14.4. The van der Waals surface area contributed by atoms with Gasteiger partial charge in [0.25, 0.3) is 0 Å². The number of allylic oxidation sites excluding steroid dienone is 4. The van der Waals surface area contributed by atoms with Crippen molar-refractivity contribution in [1.82, 2.24) is 9.97 Å². The van der Waals surface area contributed by atoms with E-state index >= 15 is 0 Å². The minimum Gasteiger partial charge on any atom is -0.314 e. The summed E-state index contributed by atoms with van der Waals surface area (Å²) in [4.78, 5) is 11.3. The van der Waals surface area contributed by atoms with Crippen LogP contribution in [0.25, 0.3) is 49.5 Å². The van der Waals surface area contributed by atoms with Crippen molar-refractivity contribution in [1.29, 1.82) is 0 Å². The number of nitrogens with zero attached hydrogens (tertiary/aromatic N) is 2. The van der Waals surface area contributed by atoms with Crippen molar-refractivity contribution < 1.29 is 21.1 Å². The molecular weight excluding hydrogens is 740 g/mol. The first kappa shape index (κ1) is 28.6. The molecule has 0 amide bonds. The van der Waals surface area contributed by atoms with E-state index in [0.717, 1.165) is 62.9 Å². The number of pyridine rings is 2. The fraction of sp³-hybridized carbons (Fsp3) is 0.0698. The Kier molecular flexibility index (Phi) is 7.12. The smallest absolute Gasteiger partial charge is 0.314 e. The standard InChI is InChI=1S/C43H28N2.Pt/c1-3-15-29(16-4-1)41-33-21-9-7-19-31(33)27-39(44-41)43(37-25-13-11-23-35(37)36-24-12-14-26-38(36)43)40-28-32-20-8-10-22-34(32)42(45-40)30-17-5-2-6-18-30;/h1-5,7-15,19-28H,6,18H2;/q-2;+2. The van der Waals surface area contributed by atoms with E-state index in [1.807, 2.05) is 18.2 Å². The predicted octanol–water partition coefficient (Wildman–Crippen LogP) is 10.1. The van der Waals surface area contributed by atoms with Crippen LogP contribution in [0.2, 0.25) is 0 Å². The molecule has 2 aliphatic carbocycles. The zero-order chi connectivity index (χ0) is 29.8. The van der Waals surface area contributed by atoms with Crippen LogP contribution in [-0.4, -0.2) is 9.97 Å². The first-order valence-electron chi connectivity index (χ1n) is 15.6. The molecule has 0 N–H and O–H groups in total. The molecule has 2 nitrogen and oxygen atoms in total. The van der Waals surface area contributed by atoms with E-state index < -0.39 is 5.41 Å². The summed E-state index contributed by atoms with van der Waals surface area (Å²) in [6.07, 6.45) is 9.68. The molecule has 3 heteroatoms. The van der Waals surface area contributed by atoms with Gasteiger partial charge in [-0.2, -0.15) is 18.2 Å². The molecule has 0 fully saturated rings. The van der Waals surface area contributed by atoms with E-state index in [9.17, 15) is 0 Å². The summed E-state index contributed by atoms with van der Waals surface area (Å²) in [5, 5.41) is 4.57. The van der Waals surface area contributed by atoms with Crippen molar-refractivity contribution in [3.05, 3.63) is 186 Å². The topological polar surface area (TPSA) is 25.8 Å². The summed E-state index contributed by atoms with van der Waals surface area (Å²) in [7, 11) is 0. The van der Waals surface area contributed by atoms with Gasteiger partial charge in [-0.25, -0.2) is 0 Å². The van der Waals surface area contributed by atoms with E-state index in [0.29, 0.717) is 0 Å². The van der Waals surface area contributed by atoms with Gasteiger partial charge in [0.05, 0.1) is 5.69 Å². The van der Waals surface area contributed by atoms with Gasteiger partial charge in [-0.05, 0) is 67.3 Å². The minimum atomic E-state index is -0.745. The van der Waals surface area contributed by atoms with Crippen molar-refractivity contribution in [2.75, 3.05) is 0 Å². The maximum Gasteiger partial charge on any atom is 2.00 e. The Morgan fingerprint density at radius 2 is 1.15 bits per heavy atom. The molecule has 2 heterocycles. The van der Waals surface area contributed by atoms with Gasteiger partial charge in [-0.3, -0.25) is 4.98 Å². The van der Waals surface area contributed by atoms with Gasteiger partial charge < -0.3 is 4.98 Å². The molecule has 2 aromatic heterocycles. The summed E-state index contributed by atoms with van der Waals surface area (Å²) < 4.78 is 0. The third-order valence-electron chi connectivity index (χ3n) is 9.39.